The van der Waals surface area contributed by atoms with Crippen molar-refractivity contribution in [2.45, 2.75) is 12.6 Å². The van der Waals surface area contributed by atoms with Crippen molar-refractivity contribution in [1.82, 2.24) is 0 Å². The molecular weight excluding hydrogens is 289 g/mol. The molecule has 0 aliphatic heterocycles. The van der Waals surface area contributed by atoms with E-state index in [9.17, 15) is 18.0 Å². The van der Waals surface area contributed by atoms with Crippen LogP contribution < -0.4 is 0 Å². The van der Waals surface area contributed by atoms with E-state index in [1.165, 1.54) is 12.1 Å². The summed E-state index contributed by atoms with van der Waals surface area (Å²) in [7, 11) is 0. The van der Waals surface area contributed by atoms with Crippen molar-refractivity contribution in [3.8, 4) is 0 Å². The predicted octanol–water partition coefficient (Wildman–Crippen LogP) is 4.78. The lowest BCUT2D eigenvalue weighted by atomic mass is 10.0. The molecule has 20 heavy (non-hydrogen) atoms. The smallest absolute Gasteiger partial charge is 0.294 e. The molecule has 1 nitrogen and oxygen atoms in total. The minimum atomic E-state index is -4.39. The maximum atomic E-state index is 12.4. The van der Waals surface area contributed by atoms with E-state index < -0.39 is 11.7 Å². The van der Waals surface area contributed by atoms with Crippen molar-refractivity contribution in [3.63, 3.8) is 0 Å². The highest BCUT2D eigenvalue weighted by atomic mass is 35.5. The summed E-state index contributed by atoms with van der Waals surface area (Å²) in [4.78, 5) is 11.9. The first kappa shape index (κ1) is 14.6. The molecule has 2 aromatic carbocycles. The number of hydrogen-bond acceptors (Lipinski definition) is 1. The zero-order valence-electron chi connectivity index (χ0n) is 10.2. The summed E-state index contributed by atoms with van der Waals surface area (Å²) in [6.07, 6.45) is -4.26. The number of carbonyl (C=O) groups excluding carboxylic acids is 1. The van der Waals surface area contributed by atoms with E-state index in [-0.39, 0.29) is 17.8 Å². The molecule has 0 saturated carbocycles. The molecule has 2 rings (SSSR count). The Labute approximate surface area is 119 Å². The maximum Gasteiger partial charge on any atom is 0.416 e. The van der Waals surface area contributed by atoms with Crippen LogP contribution >= 0.6 is 11.6 Å². The van der Waals surface area contributed by atoms with Crippen LogP contribution in [0.3, 0.4) is 0 Å². The lowest BCUT2D eigenvalue weighted by molar-refractivity contribution is -0.137. The van der Waals surface area contributed by atoms with Crippen molar-refractivity contribution < 1.29 is 18.0 Å². The molecule has 0 unspecified atom stereocenters. The minimum absolute atomic E-state index is 0.128. The van der Waals surface area contributed by atoms with Crippen molar-refractivity contribution in [1.29, 1.82) is 0 Å². The van der Waals surface area contributed by atoms with Crippen LogP contribution in [0.1, 0.15) is 21.5 Å². The largest absolute Gasteiger partial charge is 0.416 e. The van der Waals surface area contributed by atoms with Gasteiger partial charge in [-0.3, -0.25) is 4.79 Å². The first-order valence-electron chi connectivity index (χ1n) is 5.81. The Kier molecular flexibility index (Phi) is 4.14. The maximum absolute atomic E-state index is 12.4. The summed E-state index contributed by atoms with van der Waals surface area (Å²) in [5, 5.41) is 0.565. The third-order valence-corrected chi connectivity index (χ3v) is 3.06. The van der Waals surface area contributed by atoms with E-state index >= 15 is 0 Å². The van der Waals surface area contributed by atoms with Crippen LogP contribution in [-0.2, 0) is 12.6 Å². The quantitative estimate of drug-likeness (QED) is 0.745. The van der Waals surface area contributed by atoms with Crippen LogP contribution in [0.5, 0.6) is 0 Å². The number of benzene rings is 2. The third-order valence-electron chi connectivity index (χ3n) is 2.81. The van der Waals surface area contributed by atoms with Gasteiger partial charge in [0.1, 0.15) is 0 Å². The summed E-state index contributed by atoms with van der Waals surface area (Å²) in [5.74, 6) is -0.235. The van der Waals surface area contributed by atoms with Gasteiger partial charge in [0.2, 0.25) is 0 Å². The van der Waals surface area contributed by atoms with Crippen LogP contribution in [0.15, 0.2) is 48.5 Å². The minimum Gasteiger partial charge on any atom is -0.294 e. The first-order valence-corrected chi connectivity index (χ1v) is 6.19. The molecule has 0 amide bonds. The Balaban J connectivity index is 2.11. The molecule has 0 aliphatic rings. The number of hydrogen-bond donors (Lipinski definition) is 0. The van der Waals surface area contributed by atoms with Crippen LogP contribution in [-0.4, -0.2) is 5.78 Å². The lowest BCUT2D eigenvalue weighted by Gasteiger charge is -2.07. The van der Waals surface area contributed by atoms with Gasteiger partial charge in [0, 0.05) is 17.0 Å². The number of Topliss-reactive ketones (excluding diaryl/α,β-unsaturated/α-hetero) is 1. The fraction of sp³-hybridized carbons (Fsp3) is 0.133. The van der Waals surface area contributed by atoms with Crippen LogP contribution in [0, 0.1) is 0 Å². The number of alkyl halides is 3. The second kappa shape index (κ2) is 5.67. The Morgan fingerprint density at radius 2 is 1.50 bits per heavy atom. The Hall–Kier alpha value is -1.81. The molecule has 0 fully saturated rings. The zero-order chi connectivity index (χ0) is 14.8. The van der Waals surface area contributed by atoms with E-state index in [2.05, 4.69) is 0 Å². The number of carbonyl (C=O) groups is 1. The second-order valence-corrected chi connectivity index (χ2v) is 4.74. The molecule has 0 aliphatic carbocycles. The van der Waals surface area contributed by atoms with Crippen LogP contribution in [0.2, 0.25) is 5.02 Å². The van der Waals surface area contributed by atoms with Gasteiger partial charge in [0.05, 0.1) is 5.56 Å². The van der Waals surface area contributed by atoms with Gasteiger partial charge in [0.15, 0.2) is 5.78 Å². The highest BCUT2D eigenvalue weighted by molar-refractivity contribution is 6.30. The van der Waals surface area contributed by atoms with Gasteiger partial charge in [-0.05, 0) is 29.8 Å². The van der Waals surface area contributed by atoms with Crippen molar-refractivity contribution in [2.24, 2.45) is 0 Å². The number of ketones is 1. The Morgan fingerprint density at radius 3 is 2.00 bits per heavy atom. The van der Waals surface area contributed by atoms with Crippen molar-refractivity contribution in [2.75, 3.05) is 0 Å². The molecule has 0 bridgehead atoms. The number of halogens is 4. The van der Waals surface area contributed by atoms with Crippen molar-refractivity contribution >= 4 is 17.4 Å². The molecule has 0 atom stereocenters. The van der Waals surface area contributed by atoms with E-state index in [1.807, 2.05) is 0 Å². The molecule has 0 radical (unpaired) electrons. The molecule has 0 spiro atoms. The molecule has 0 aromatic heterocycles. The zero-order valence-corrected chi connectivity index (χ0v) is 11.0. The second-order valence-electron chi connectivity index (χ2n) is 4.30. The first-order chi connectivity index (χ1) is 9.36. The van der Waals surface area contributed by atoms with Crippen LogP contribution in [0.25, 0.3) is 0 Å². The van der Waals surface area contributed by atoms with E-state index in [4.69, 9.17) is 11.6 Å². The summed E-state index contributed by atoms with van der Waals surface area (Å²) in [6, 6.07) is 11.0. The molecule has 0 saturated heterocycles. The Morgan fingerprint density at radius 1 is 0.950 bits per heavy atom. The van der Waals surface area contributed by atoms with Crippen molar-refractivity contribution in [3.05, 3.63) is 70.2 Å². The molecule has 2 aromatic rings. The van der Waals surface area contributed by atoms with Gasteiger partial charge in [-0.15, -0.1) is 0 Å². The summed E-state index contributed by atoms with van der Waals surface area (Å²) < 4.78 is 37.2. The summed E-state index contributed by atoms with van der Waals surface area (Å²) >= 11 is 5.73. The van der Waals surface area contributed by atoms with Gasteiger partial charge in [-0.1, -0.05) is 35.9 Å². The van der Waals surface area contributed by atoms with Gasteiger partial charge in [-0.2, -0.15) is 13.2 Å². The predicted molar refractivity (Wildman–Crippen MR) is 70.9 cm³/mol. The Bertz CT molecular complexity index is 601. The lowest BCUT2D eigenvalue weighted by Crippen LogP contribution is -2.07. The summed E-state index contributed by atoms with van der Waals surface area (Å²) in [5.41, 5.74) is 0.257. The highest BCUT2D eigenvalue weighted by Gasteiger charge is 2.30. The molecule has 104 valence electrons. The average molecular weight is 299 g/mol. The number of rotatable bonds is 3. The third kappa shape index (κ3) is 3.61. The fourth-order valence-corrected chi connectivity index (χ4v) is 1.86. The van der Waals surface area contributed by atoms with E-state index in [0.717, 1.165) is 17.7 Å². The monoisotopic (exact) mass is 298 g/mol. The van der Waals surface area contributed by atoms with E-state index in [0.29, 0.717) is 5.02 Å². The SMILES string of the molecule is O=C(Cc1ccc(Cl)cc1)c1ccc(C(F)(F)F)cc1. The van der Waals surface area contributed by atoms with Gasteiger partial charge in [-0.25, -0.2) is 0 Å². The van der Waals surface area contributed by atoms with Gasteiger partial charge in [0.25, 0.3) is 0 Å². The molecule has 5 heteroatoms. The summed E-state index contributed by atoms with van der Waals surface area (Å²) in [6.45, 7) is 0. The molecule has 0 heterocycles. The fourth-order valence-electron chi connectivity index (χ4n) is 1.73. The normalized spacial score (nSPS) is 11.4. The van der Waals surface area contributed by atoms with E-state index in [1.54, 1.807) is 24.3 Å². The molecule has 0 N–H and O–H groups in total. The van der Waals surface area contributed by atoms with Gasteiger partial charge >= 0.3 is 6.18 Å². The van der Waals surface area contributed by atoms with Gasteiger partial charge < -0.3 is 0 Å². The topological polar surface area (TPSA) is 17.1 Å². The van der Waals surface area contributed by atoms with Crippen LogP contribution in [0.4, 0.5) is 13.2 Å². The standard InChI is InChI=1S/C15H10ClF3O/c16-13-7-1-10(2-8-13)9-14(20)11-3-5-12(6-4-11)15(17,18)19/h1-8H,9H2. The highest BCUT2D eigenvalue weighted by Crippen LogP contribution is 2.29. The molecular formula is C15H10ClF3O. The average Bonchev–Trinajstić information content (AvgIpc) is 2.40.